The summed E-state index contributed by atoms with van der Waals surface area (Å²) in [5, 5.41) is 5.02. The molecule has 0 atom stereocenters. The van der Waals surface area contributed by atoms with Crippen LogP contribution in [0, 0.1) is 0 Å². The van der Waals surface area contributed by atoms with Crippen molar-refractivity contribution in [3.63, 3.8) is 0 Å². The second-order valence-electron chi connectivity index (χ2n) is 3.71. The van der Waals surface area contributed by atoms with E-state index in [2.05, 4.69) is 15.3 Å². The predicted octanol–water partition coefficient (Wildman–Crippen LogP) is 1.91. The van der Waals surface area contributed by atoms with Gasteiger partial charge in [0.2, 0.25) is 0 Å². The molecule has 0 fully saturated rings. The van der Waals surface area contributed by atoms with Crippen molar-refractivity contribution in [3.8, 4) is 0 Å². The number of nitrogen functional groups attached to an aromatic ring is 1. The molecular weight excluding hydrogens is 264 g/mol. The van der Waals surface area contributed by atoms with Crippen LogP contribution < -0.4 is 11.1 Å². The maximum atomic E-state index is 11.7. The van der Waals surface area contributed by atoms with Gasteiger partial charge >= 0.3 is 5.97 Å². The van der Waals surface area contributed by atoms with Crippen LogP contribution in [-0.4, -0.2) is 22.5 Å². The molecule has 2 aromatic heterocycles. The smallest absolute Gasteiger partial charge is 0.340 e. The van der Waals surface area contributed by atoms with Gasteiger partial charge in [-0.25, -0.2) is 14.8 Å². The first kappa shape index (κ1) is 13.3. The summed E-state index contributed by atoms with van der Waals surface area (Å²) >= 11 is 1.53. The molecule has 0 unspecified atom stereocenters. The maximum Gasteiger partial charge on any atom is 0.340 e. The van der Waals surface area contributed by atoms with E-state index in [-0.39, 0.29) is 0 Å². The minimum atomic E-state index is -0.445. The number of hydrogen-bond acceptors (Lipinski definition) is 7. The van der Waals surface area contributed by atoms with Gasteiger partial charge in [-0.3, -0.25) is 0 Å². The van der Waals surface area contributed by atoms with E-state index in [1.807, 2.05) is 5.38 Å². The number of carbonyl (C=O) groups is 1. The Bertz CT molecular complexity index is 557. The second-order valence-corrected chi connectivity index (χ2v) is 4.43. The molecule has 6 nitrogen and oxygen atoms in total. The van der Waals surface area contributed by atoms with Gasteiger partial charge in [-0.05, 0) is 13.0 Å². The van der Waals surface area contributed by atoms with Gasteiger partial charge < -0.3 is 15.8 Å². The molecule has 0 radical (unpaired) electrons. The molecule has 0 aliphatic rings. The first-order valence-electron chi connectivity index (χ1n) is 5.74. The highest BCUT2D eigenvalue weighted by Crippen LogP contribution is 2.16. The van der Waals surface area contributed by atoms with Crippen molar-refractivity contribution < 1.29 is 9.53 Å². The van der Waals surface area contributed by atoms with Gasteiger partial charge in [-0.15, -0.1) is 11.3 Å². The van der Waals surface area contributed by atoms with Crippen LogP contribution >= 0.6 is 11.3 Å². The lowest BCUT2D eigenvalue weighted by molar-refractivity contribution is 0.0527. The van der Waals surface area contributed by atoms with Gasteiger partial charge in [0.25, 0.3) is 0 Å². The van der Waals surface area contributed by atoms with Crippen molar-refractivity contribution in [3.05, 3.63) is 34.4 Å². The van der Waals surface area contributed by atoms with Crippen molar-refractivity contribution >= 4 is 28.8 Å². The van der Waals surface area contributed by atoms with Crippen molar-refractivity contribution in [2.75, 3.05) is 17.7 Å². The number of rotatable bonds is 5. The average molecular weight is 278 g/mol. The zero-order chi connectivity index (χ0) is 13.7. The quantitative estimate of drug-likeness (QED) is 0.812. The number of hydrogen-bond donors (Lipinski definition) is 2. The number of thiazole rings is 1. The third kappa shape index (κ3) is 3.41. The molecule has 0 saturated heterocycles. The summed E-state index contributed by atoms with van der Waals surface area (Å²) in [5.74, 6) is 0.115. The highest BCUT2D eigenvalue weighted by molar-refractivity contribution is 7.07. The van der Waals surface area contributed by atoms with E-state index in [1.165, 1.54) is 17.5 Å². The molecule has 100 valence electrons. The minimum Gasteiger partial charge on any atom is -0.462 e. The number of esters is 1. The Balaban J connectivity index is 2.09. The lowest BCUT2D eigenvalue weighted by Crippen LogP contribution is -2.10. The molecule has 0 aromatic carbocycles. The number of pyridine rings is 1. The Kier molecular flexibility index (Phi) is 4.30. The zero-order valence-electron chi connectivity index (χ0n) is 10.4. The third-order valence-electron chi connectivity index (χ3n) is 2.36. The normalized spacial score (nSPS) is 10.2. The molecule has 2 rings (SSSR count). The summed E-state index contributed by atoms with van der Waals surface area (Å²) in [4.78, 5) is 19.9. The molecule has 0 aliphatic carbocycles. The SMILES string of the molecule is CCOC(=O)c1cc(NCc2cscn2)ncc1N. The van der Waals surface area contributed by atoms with Crippen LogP contribution in [0.3, 0.4) is 0 Å². The van der Waals surface area contributed by atoms with E-state index in [9.17, 15) is 4.79 Å². The molecule has 0 bridgehead atoms. The number of nitrogens with zero attached hydrogens (tertiary/aromatic N) is 2. The molecule has 2 aromatic rings. The number of nitrogens with one attached hydrogen (secondary N) is 1. The fourth-order valence-electron chi connectivity index (χ4n) is 1.45. The van der Waals surface area contributed by atoms with Crippen molar-refractivity contribution in [2.45, 2.75) is 13.5 Å². The Labute approximate surface area is 114 Å². The number of anilines is 2. The van der Waals surface area contributed by atoms with Gasteiger partial charge in [0.05, 0.1) is 41.8 Å². The number of carbonyl (C=O) groups excluding carboxylic acids is 1. The number of nitrogens with two attached hydrogens (primary N) is 1. The Hall–Kier alpha value is -2.15. The van der Waals surface area contributed by atoms with Crippen LogP contribution in [0.2, 0.25) is 0 Å². The average Bonchev–Trinajstić information content (AvgIpc) is 2.91. The summed E-state index contributed by atoms with van der Waals surface area (Å²) in [6.45, 7) is 2.60. The second kappa shape index (κ2) is 6.14. The monoisotopic (exact) mass is 278 g/mol. The van der Waals surface area contributed by atoms with Crippen LogP contribution in [-0.2, 0) is 11.3 Å². The van der Waals surface area contributed by atoms with Gasteiger partial charge in [0.15, 0.2) is 0 Å². The van der Waals surface area contributed by atoms with E-state index in [4.69, 9.17) is 10.5 Å². The molecular formula is C12H14N4O2S. The summed E-state index contributed by atoms with van der Waals surface area (Å²) in [6.07, 6.45) is 1.44. The highest BCUT2D eigenvalue weighted by atomic mass is 32.1. The molecule has 0 amide bonds. The van der Waals surface area contributed by atoms with Crippen LogP contribution in [0.4, 0.5) is 11.5 Å². The van der Waals surface area contributed by atoms with Gasteiger partial charge in [-0.2, -0.15) is 0 Å². The van der Waals surface area contributed by atoms with Crippen molar-refractivity contribution in [2.24, 2.45) is 0 Å². The van der Waals surface area contributed by atoms with E-state index < -0.39 is 5.97 Å². The lowest BCUT2D eigenvalue weighted by atomic mass is 10.2. The van der Waals surface area contributed by atoms with E-state index in [1.54, 1.807) is 18.5 Å². The van der Waals surface area contributed by atoms with E-state index >= 15 is 0 Å². The molecule has 19 heavy (non-hydrogen) atoms. The summed E-state index contributed by atoms with van der Waals surface area (Å²) < 4.78 is 4.93. The highest BCUT2D eigenvalue weighted by Gasteiger charge is 2.12. The predicted molar refractivity (Wildman–Crippen MR) is 74.0 cm³/mol. The molecule has 7 heteroatoms. The van der Waals surface area contributed by atoms with Crippen molar-refractivity contribution in [1.29, 1.82) is 0 Å². The van der Waals surface area contributed by atoms with Crippen molar-refractivity contribution in [1.82, 2.24) is 9.97 Å². The molecule has 0 spiro atoms. The molecule has 3 N–H and O–H groups in total. The van der Waals surface area contributed by atoms with Crippen LogP contribution in [0.25, 0.3) is 0 Å². The van der Waals surface area contributed by atoms with Crippen LogP contribution in [0.1, 0.15) is 23.0 Å². The largest absolute Gasteiger partial charge is 0.462 e. The number of aromatic nitrogens is 2. The fraction of sp³-hybridized carbons (Fsp3) is 0.250. The standard InChI is InChI=1S/C12H14N4O2S/c1-2-18-12(17)9-3-11(15-5-10(9)13)14-4-8-6-19-7-16-8/h3,5-7H,2,4,13H2,1H3,(H,14,15). The first-order chi connectivity index (χ1) is 9.20. The maximum absolute atomic E-state index is 11.7. The fourth-order valence-corrected chi connectivity index (χ4v) is 2.01. The molecule has 0 aliphatic heterocycles. The Morgan fingerprint density at radius 2 is 2.37 bits per heavy atom. The molecule has 2 heterocycles. The topological polar surface area (TPSA) is 90.1 Å². The van der Waals surface area contributed by atoms with Crippen LogP contribution in [0.15, 0.2) is 23.2 Å². The minimum absolute atomic E-state index is 0.303. The van der Waals surface area contributed by atoms with Gasteiger partial charge in [0, 0.05) is 5.38 Å². The number of ether oxygens (including phenoxy) is 1. The van der Waals surface area contributed by atoms with Crippen LogP contribution in [0.5, 0.6) is 0 Å². The molecule has 0 saturated carbocycles. The third-order valence-corrected chi connectivity index (χ3v) is 3.00. The first-order valence-corrected chi connectivity index (χ1v) is 6.68. The van der Waals surface area contributed by atoms with Gasteiger partial charge in [0.1, 0.15) is 5.82 Å². The van der Waals surface area contributed by atoms with E-state index in [0.717, 1.165) is 5.69 Å². The van der Waals surface area contributed by atoms with Gasteiger partial charge in [-0.1, -0.05) is 0 Å². The zero-order valence-corrected chi connectivity index (χ0v) is 11.2. The Morgan fingerprint density at radius 3 is 3.05 bits per heavy atom. The summed E-state index contributed by atoms with van der Waals surface area (Å²) in [7, 11) is 0. The summed E-state index contributed by atoms with van der Waals surface area (Å²) in [6, 6.07) is 1.58. The Morgan fingerprint density at radius 1 is 1.53 bits per heavy atom. The summed E-state index contributed by atoms with van der Waals surface area (Å²) in [5.41, 5.74) is 9.01. The lowest BCUT2D eigenvalue weighted by Gasteiger charge is -2.08. The van der Waals surface area contributed by atoms with E-state index in [0.29, 0.717) is 30.2 Å².